The highest BCUT2D eigenvalue weighted by Gasteiger charge is 2.39. The van der Waals surface area contributed by atoms with Gasteiger partial charge < -0.3 is 4.90 Å². The van der Waals surface area contributed by atoms with E-state index in [0.29, 0.717) is 17.9 Å². The zero-order chi connectivity index (χ0) is 12.3. The molecule has 0 aromatic carbocycles. The van der Waals surface area contributed by atoms with Crippen molar-refractivity contribution in [2.24, 2.45) is 5.92 Å². The van der Waals surface area contributed by atoms with Crippen LogP contribution in [0.2, 0.25) is 0 Å². The molecule has 3 nitrogen and oxygen atoms in total. The van der Waals surface area contributed by atoms with Crippen LogP contribution in [0.15, 0.2) is 0 Å². The molecule has 1 amide bonds. The molecule has 0 bridgehead atoms. The summed E-state index contributed by atoms with van der Waals surface area (Å²) in [4.78, 5) is 14.3. The lowest BCUT2D eigenvalue weighted by Crippen LogP contribution is -2.43. The van der Waals surface area contributed by atoms with Gasteiger partial charge in [0.1, 0.15) is 0 Å². The molecule has 0 spiro atoms. The predicted molar refractivity (Wildman–Crippen MR) is 67.1 cm³/mol. The van der Waals surface area contributed by atoms with Crippen LogP contribution in [0.4, 0.5) is 0 Å². The van der Waals surface area contributed by atoms with Crippen LogP contribution in [0.5, 0.6) is 0 Å². The van der Waals surface area contributed by atoms with Gasteiger partial charge >= 0.3 is 0 Å². The topological polar surface area (TPSA) is 32.3 Å². The van der Waals surface area contributed by atoms with Gasteiger partial charge in [0.05, 0.1) is 12.2 Å². The van der Waals surface area contributed by atoms with Gasteiger partial charge in [0.15, 0.2) is 0 Å². The van der Waals surface area contributed by atoms with E-state index in [1.54, 1.807) is 0 Å². The van der Waals surface area contributed by atoms with E-state index in [0.717, 1.165) is 19.3 Å². The molecule has 0 saturated carbocycles. The third kappa shape index (κ3) is 2.76. The van der Waals surface area contributed by atoms with Gasteiger partial charge in [-0.1, -0.05) is 27.7 Å². The molecule has 1 rings (SSSR count). The van der Waals surface area contributed by atoms with E-state index in [4.69, 9.17) is 0 Å². The van der Waals surface area contributed by atoms with E-state index in [1.807, 2.05) is 0 Å². The Morgan fingerprint density at radius 2 is 1.94 bits per heavy atom. The molecule has 3 atom stereocenters. The number of hydrogen-bond acceptors (Lipinski definition) is 2. The van der Waals surface area contributed by atoms with Crippen LogP contribution in [0.25, 0.3) is 0 Å². The normalized spacial score (nSPS) is 27.9. The lowest BCUT2D eigenvalue weighted by atomic mass is 10.1. The summed E-state index contributed by atoms with van der Waals surface area (Å²) in [6.07, 6.45) is 3.21. The Labute approximate surface area is 99.6 Å². The summed E-state index contributed by atoms with van der Waals surface area (Å²) in [7, 11) is 0. The van der Waals surface area contributed by atoms with E-state index in [9.17, 15) is 4.79 Å². The molecule has 1 aliphatic heterocycles. The molecule has 1 aliphatic rings. The Bertz CT molecular complexity index is 240. The van der Waals surface area contributed by atoms with Crippen molar-refractivity contribution in [1.82, 2.24) is 10.2 Å². The van der Waals surface area contributed by atoms with Crippen molar-refractivity contribution in [2.45, 2.75) is 72.1 Å². The molecule has 1 fully saturated rings. The van der Waals surface area contributed by atoms with Gasteiger partial charge in [0.25, 0.3) is 0 Å². The van der Waals surface area contributed by atoms with Crippen molar-refractivity contribution in [3.63, 3.8) is 0 Å². The summed E-state index contributed by atoms with van der Waals surface area (Å²) in [6, 6.07) is 0.387. The Morgan fingerprint density at radius 3 is 2.38 bits per heavy atom. The number of carbonyl (C=O) groups is 1. The Morgan fingerprint density at radius 1 is 1.31 bits per heavy atom. The fourth-order valence-electron chi connectivity index (χ4n) is 2.36. The molecule has 0 aromatic rings. The van der Waals surface area contributed by atoms with Gasteiger partial charge in [0, 0.05) is 6.04 Å². The highest BCUT2D eigenvalue weighted by Crippen LogP contribution is 2.22. The number of hydrogen-bond donors (Lipinski definition) is 1. The van der Waals surface area contributed by atoms with E-state index in [2.05, 4.69) is 44.8 Å². The molecular weight excluding hydrogens is 200 g/mol. The minimum Gasteiger partial charge on any atom is -0.323 e. The third-order valence-electron chi connectivity index (χ3n) is 3.45. The van der Waals surface area contributed by atoms with Crippen molar-refractivity contribution < 1.29 is 4.79 Å². The highest BCUT2D eigenvalue weighted by atomic mass is 16.2. The molecule has 0 radical (unpaired) electrons. The summed E-state index contributed by atoms with van der Waals surface area (Å²) >= 11 is 0. The van der Waals surface area contributed by atoms with E-state index in [-0.39, 0.29) is 12.2 Å². The van der Waals surface area contributed by atoms with Crippen LogP contribution < -0.4 is 5.32 Å². The fourth-order valence-corrected chi connectivity index (χ4v) is 2.36. The molecule has 0 aromatic heterocycles. The van der Waals surface area contributed by atoms with E-state index < -0.39 is 0 Å². The SMILES string of the molecule is CCC1NC(CC(C)C)N(C(C)CC)C1=O. The zero-order valence-electron chi connectivity index (χ0n) is 11.3. The van der Waals surface area contributed by atoms with Crippen LogP contribution in [0, 0.1) is 5.92 Å². The number of carbonyl (C=O) groups excluding carboxylic acids is 1. The summed E-state index contributed by atoms with van der Waals surface area (Å²) < 4.78 is 0. The molecule has 3 heteroatoms. The number of nitrogens with one attached hydrogen (secondary N) is 1. The molecule has 0 aliphatic carbocycles. The van der Waals surface area contributed by atoms with Crippen LogP contribution in [-0.4, -0.2) is 29.1 Å². The molecule has 1 N–H and O–H groups in total. The average molecular weight is 226 g/mol. The first-order valence-electron chi connectivity index (χ1n) is 6.59. The minimum atomic E-state index is 0.0396. The first-order chi connectivity index (χ1) is 7.51. The first-order valence-corrected chi connectivity index (χ1v) is 6.59. The van der Waals surface area contributed by atoms with E-state index in [1.165, 1.54) is 0 Å². The van der Waals surface area contributed by atoms with Gasteiger partial charge in [-0.3, -0.25) is 10.1 Å². The monoisotopic (exact) mass is 226 g/mol. The maximum absolute atomic E-state index is 12.2. The van der Waals surface area contributed by atoms with E-state index >= 15 is 0 Å². The quantitative estimate of drug-likeness (QED) is 0.780. The Balaban J connectivity index is 2.77. The van der Waals surface area contributed by atoms with Gasteiger partial charge in [-0.05, 0) is 32.1 Å². The van der Waals surface area contributed by atoms with Gasteiger partial charge in [-0.25, -0.2) is 0 Å². The van der Waals surface area contributed by atoms with Crippen molar-refractivity contribution in [2.75, 3.05) is 0 Å². The second-order valence-electron chi connectivity index (χ2n) is 5.28. The molecule has 1 saturated heterocycles. The van der Waals surface area contributed by atoms with Gasteiger partial charge in [-0.15, -0.1) is 0 Å². The second-order valence-corrected chi connectivity index (χ2v) is 5.28. The number of nitrogens with zero attached hydrogens (tertiary/aromatic N) is 1. The maximum Gasteiger partial charge on any atom is 0.241 e. The molecule has 94 valence electrons. The van der Waals surface area contributed by atoms with Crippen LogP contribution in [0.3, 0.4) is 0 Å². The standard InChI is InChI=1S/C13H26N2O/c1-6-10(5)15-12(8-9(3)4)14-11(7-2)13(15)16/h9-12,14H,6-8H2,1-5H3. The van der Waals surface area contributed by atoms with Gasteiger partial charge in [0.2, 0.25) is 5.91 Å². The minimum absolute atomic E-state index is 0.0396. The Kier molecular flexibility index (Phi) is 4.78. The predicted octanol–water partition coefficient (Wildman–Crippen LogP) is 2.37. The molecular formula is C13H26N2O. The van der Waals surface area contributed by atoms with Crippen LogP contribution in [-0.2, 0) is 4.79 Å². The van der Waals surface area contributed by atoms with Crippen molar-refractivity contribution >= 4 is 5.91 Å². The fraction of sp³-hybridized carbons (Fsp3) is 0.923. The molecule has 1 heterocycles. The van der Waals surface area contributed by atoms with Crippen LogP contribution >= 0.6 is 0 Å². The van der Waals surface area contributed by atoms with Crippen molar-refractivity contribution in [3.8, 4) is 0 Å². The number of rotatable bonds is 5. The second kappa shape index (κ2) is 5.67. The van der Waals surface area contributed by atoms with Crippen molar-refractivity contribution in [3.05, 3.63) is 0 Å². The first kappa shape index (κ1) is 13.5. The molecule has 16 heavy (non-hydrogen) atoms. The Hall–Kier alpha value is -0.570. The van der Waals surface area contributed by atoms with Crippen molar-refractivity contribution in [1.29, 1.82) is 0 Å². The smallest absolute Gasteiger partial charge is 0.241 e. The summed E-state index contributed by atoms with van der Waals surface area (Å²) in [5.74, 6) is 0.912. The lowest BCUT2D eigenvalue weighted by molar-refractivity contribution is -0.132. The average Bonchev–Trinajstić information content (AvgIpc) is 2.53. The maximum atomic E-state index is 12.2. The zero-order valence-corrected chi connectivity index (χ0v) is 11.3. The summed E-state index contributed by atoms with van der Waals surface area (Å²) in [6.45, 7) is 10.8. The summed E-state index contributed by atoms with van der Waals surface area (Å²) in [5.41, 5.74) is 0. The largest absolute Gasteiger partial charge is 0.323 e. The van der Waals surface area contributed by atoms with Crippen LogP contribution in [0.1, 0.15) is 53.9 Å². The third-order valence-corrected chi connectivity index (χ3v) is 3.45. The summed E-state index contributed by atoms with van der Waals surface area (Å²) in [5, 5.41) is 3.46. The molecule has 3 unspecified atom stereocenters. The number of amides is 1. The lowest BCUT2D eigenvalue weighted by Gasteiger charge is -2.30. The highest BCUT2D eigenvalue weighted by molar-refractivity contribution is 5.84. The van der Waals surface area contributed by atoms with Gasteiger partial charge in [-0.2, -0.15) is 0 Å².